The molecule has 5 nitrogen and oxygen atoms in total. The average molecular weight is 298 g/mol. The van der Waals surface area contributed by atoms with Crippen molar-refractivity contribution in [1.82, 2.24) is 0 Å². The van der Waals surface area contributed by atoms with Gasteiger partial charge < -0.3 is 4.74 Å². The number of rotatable bonds is 6. The van der Waals surface area contributed by atoms with Crippen molar-refractivity contribution in [2.45, 2.75) is 25.5 Å². The number of benzene rings is 1. The number of carbonyl (C=O) groups is 2. The Morgan fingerprint density at radius 2 is 1.75 bits per heavy atom. The maximum Gasteiger partial charge on any atom is 0.306 e. The van der Waals surface area contributed by atoms with Crippen molar-refractivity contribution in [3.8, 4) is 0 Å². The van der Waals surface area contributed by atoms with Gasteiger partial charge in [0.15, 0.2) is 15.6 Å². The zero-order chi connectivity index (χ0) is 15.3. The van der Waals surface area contributed by atoms with Crippen LogP contribution in [0.2, 0.25) is 0 Å². The molecule has 0 aliphatic rings. The van der Waals surface area contributed by atoms with E-state index in [-0.39, 0.29) is 6.42 Å². The van der Waals surface area contributed by atoms with Crippen molar-refractivity contribution in [2.24, 2.45) is 0 Å². The molecule has 0 spiro atoms. The number of carbonyl (C=O) groups excluding carboxylic acids is 2. The Bertz CT molecular complexity index is 586. The van der Waals surface area contributed by atoms with Crippen LogP contribution < -0.4 is 0 Å². The highest BCUT2D eigenvalue weighted by atomic mass is 32.2. The smallest absolute Gasteiger partial charge is 0.306 e. The lowest BCUT2D eigenvalue weighted by molar-refractivity contribution is -0.140. The molecule has 0 aromatic heterocycles. The van der Waals surface area contributed by atoms with Crippen LogP contribution in [0, 0.1) is 6.92 Å². The van der Waals surface area contributed by atoms with E-state index in [1.165, 1.54) is 14.0 Å². The number of hydrogen-bond acceptors (Lipinski definition) is 5. The summed E-state index contributed by atoms with van der Waals surface area (Å²) in [5, 5.41) is -1.17. The maximum absolute atomic E-state index is 12.1. The summed E-state index contributed by atoms with van der Waals surface area (Å²) in [4.78, 5) is 23.1. The van der Waals surface area contributed by atoms with Crippen molar-refractivity contribution < 1.29 is 22.7 Å². The molecule has 0 N–H and O–H groups in total. The topological polar surface area (TPSA) is 77.5 Å². The molecule has 0 aliphatic heterocycles. The molecule has 1 aromatic rings. The third-order valence-corrected chi connectivity index (χ3v) is 5.13. The highest BCUT2D eigenvalue weighted by Gasteiger charge is 2.29. The normalized spacial score (nSPS) is 12.8. The van der Waals surface area contributed by atoms with Crippen molar-refractivity contribution in [1.29, 1.82) is 0 Å². The number of aryl methyl sites for hydroxylation is 1. The van der Waals surface area contributed by atoms with E-state index in [0.717, 1.165) is 5.56 Å². The van der Waals surface area contributed by atoms with Crippen molar-refractivity contribution in [2.75, 3.05) is 12.9 Å². The molecule has 20 heavy (non-hydrogen) atoms. The lowest BCUT2D eigenvalue weighted by atomic mass is 10.1. The third-order valence-electron chi connectivity index (χ3n) is 3.06. The Kier molecular flexibility index (Phi) is 5.44. The average Bonchev–Trinajstić information content (AvgIpc) is 2.44. The highest BCUT2D eigenvalue weighted by Crippen LogP contribution is 2.13. The zero-order valence-electron chi connectivity index (χ0n) is 11.8. The molecule has 0 bridgehead atoms. The van der Waals surface area contributed by atoms with Crippen LogP contribution in [-0.4, -0.2) is 38.3 Å². The van der Waals surface area contributed by atoms with Gasteiger partial charge in [0.25, 0.3) is 0 Å². The van der Waals surface area contributed by atoms with E-state index in [4.69, 9.17) is 0 Å². The summed E-state index contributed by atoms with van der Waals surface area (Å²) in [7, 11) is -2.48. The first-order valence-electron chi connectivity index (χ1n) is 6.17. The molecule has 0 aliphatic carbocycles. The van der Waals surface area contributed by atoms with Gasteiger partial charge in [0.2, 0.25) is 0 Å². The van der Waals surface area contributed by atoms with Crippen LogP contribution in [0.1, 0.15) is 29.3 Å². The lowest BCUT2D eigenvalue weighted by Crippen LogP contribution is -2.30. The molecule has 1 rings (SSSR count). The molecule has 0 amide bonds. The number of ether oxygens (including phenoxy) is 1. The van der Waals surface area contributed by atoms with E-state index in [2.05, 4.69) is 4.74 Å². The minimum absolute atomic E-state index is 0.246. The molecular formula is C14H18O5S. The quantitative estimate of drug-likeness (QED) is 0.588. The predicted octanol–water partition coefficient (Wildman–Crippen LogP) is 1.54. The number of ketones is 1. The molecule has 0 saturated heterocycles. The van der Waals surface area contributed by atoms with Gasteiger partial charge in [-0.15, -0.1) is 0 Å². The summed E-state index contributed by atoms with van der Waals surface area (Å²) in [5.41, 5.74) is 1.34. The molecule has 1 atom stereocenters. The van der Waals surface area contributed by atoms with E-state index >= 15 is 0 Å². The van der Waals surface area contributed by atoms with Gasteiger partial charge in [0.1, 0.15) is 5.25 Å². The Balaban J connectivity index is 2.82. The van der Waals surface area contributed by atoms with Crippen molar-refractivity contribution in [3.05, 3.63) is 35.4 Å². The van der Waals surface area contributed by atoms with Gasteiger partial charge in [-0.1, -0.05) is 29.8 Å². The molecule has 110 valence electrons. The number of sulfone groups is 1. The second-order valence-corrected chi connectivity index (χ2v) is 7.01. The number of Topliss-reactive ketones (excluding diaryl/α,β-unsaturated/α-hetero) is 1. The van der Waals surface area contributed by atoms with Crippen LogP contribution in [0.15, 0.2) is 24.3 Å². The SMILES string of the molecule is COC(=O)CCS(=O)(=O)C(C)C(=O)c1ccc(C)cc1. The van der Waals surface area contributed by atoms with Gasteiger partial charge in [-0.05, 0) is 13.8 Å². The second kappa shape index (κ2) is 6.65. The summed E-state index contributed by atoms with van der Waals surface area (Å²) >= 11 is 0. The molecular weight excluding hydrogens is 280 g/mol. The Labute approximate surface area is 118 Å². The number of methoxy groups -OCH3 is 1. The van der Waals surface area contributed by atoms with Crippen LogP contribution in [-0.2, 0) is 19.4 Å². The molecule has 0 saturated carbocycles. The number of hydrogen-bond donors (Lipinski definition) is 0. The van der Waals surface area contributed by atoms with E-state index in [9.17, 15) is 18.0 Å². The van der Waals surface area contributed by atoms with Crippen LogP contribution in [0.5, 0.6) is 0 Å². The number of esters is 1. The van der Waals surface area contributed by atoms with Crippen LogP contribution in [0.4, 0.5) is 0 Å². The minimum atomic E-state index is -3.67. The fraction of sp³-hybridized carbons (Fsp3) is 0.429. The van der Waals surface area contributed by atoms with Gasteiger partial charge in [0.05, 0.1) is 19.3 Å². The molecule has 1 aromatic carbocycles. The van der Waals surface area contributed by atoms with E-state index < -0.39 is 32.6 Å². The van der Waals surface area contributed by atoms with Crippen LogP contribution in [0.3, 0.4) is 0 Å². The molecule has 0 heterocycles. The maximum atomic E-state index is 12.1. The summed E-state index contributed by atoms with van der Waals surface area (Å²) in [5.74, 6) is -1.46. The van der Waals surface area contributed by atoms with E-state index in [0.29, 0.717) is 5.56 Å². The Hall–Kier alpha value is -1.69. The van der Waals surface area contributed by atoms with E-state index in [1.807, 2.05) is 6.92 Å². The van der Waals surface area contributed by atoms with Crippen LogP contribution in [0.25, 0.3) is 0 Å². The fourth-order valence-electron chi connectivity index (χ4n) is 1.62. The summed E-state index contributed by atoms with van der Waals surface area (Å²) in [6.07, 6.45) is -0.246. The first kappa shape index (κ1) is 16.4. The Morgan fingerprint density at radius 3 is 2.25 bits per heavy atom. The van der Waals surface area contributed by atoms with Gasteiger partial charge in [-0.2, -0.15) is 0 Å². The molecule has 0 radical (unpaired) electrons. The summed E-state index contributed by atoms with van der Waals surface area (Å²) < 4.78 is 28.4. The summed E-state index contributed by atoms with van der Waals surface area (Å²) in [6, 6.07) is 6.70. The van der Waals surface area contributed by atoms with E-state index in [1.54, 1.807) is 24.3 Å². The monoisotopic (exact) mass is 298 g/mol. The summed E-state index contributed by atoms with van der Waals surface area (Å²) in [6.45, 7) is 3.22. The van der Waals surface area contributed by atoms with Crippen molar-refractivity contribution in [3.63, 3.8) is 0 Å². The van der Waals surface area contributed by atoms with Gasteiger partial charge in [0, 0.05) is 5.56 Å². The Morgan fingerprint density at radius 1 is 1.20 bits per heavy atom. The van der Waals surface area contributed by atoms with Gasteiger partial charge in [-0.25, -0.2) is 8.42 Å². The van der Waals surface area contributed by atoms with Gasteiger partial charge >= 0.3 is 5.97 Å². The van der Waals surface area contributed by atoms with Gasteiger partial charge in [-0.3, -0.25) is 9.59 Å². The standard InChI is InChI=1S/C14H18O5S/c1-10-4-6-12(7-5-10)14(16)11(2)20(17,18)9-8-13(15)19-3/h4-7,11H,8-9H2,1-3H3. The highest BCUT2D eigenvalue weighted by molar-refractivity contribution is 7.92. The molecule has 0 fully saturated rings. The lowest BCUT2D eigenvalue weighted by Gasteiger charge is -2.11. The zero-order valence-corrected chi connectivity index (χ0v) is 12.6. The van der Waals surface area contributed by atoms with Crippen molar-refractivity contribution >= 4 is 21.6 Å². The second-order valence-electron chi connectivity index (χ2n) is 4.57. The molecule has 1 unspecified atom stereocenters. The fourth-order valence-corrected chi connectivity index (χ4v) is 2.89. The minimum Gasteiger partial charge on any atom is -0.469 e. The third kappa shape index (κ3) is 4.16. The first-order valence-corrected chi connectivity index (χ1v) is 7.88. The first-order chi connectivity index (χ1) is 9.27. The predicted molar refractivity (Wildman–Crippen MR) is 75.4 cm³/mol. The largest absolute Gasteiger partial charge is 0.469 e. The van der Waals surface area contributed by atoms with Crippen LogP contribution >= 0.6 is 0 Å². The molecule has 6 heteroatoms.